The summed E-state index contributed by atoms with van der Waals surface area (Å²) in [7, 11) is 1.64. The molecular weight excluding hydrogens is 280 g/mol. The summed E-state index contributed by atoms with van der Waals surface area (Å²) < 4.78 is 5.20. The summed E-state index contributed by atoms with van der Waals surface area (Å²) in [4.78, 5) is 0. The Balaban J connectivity index is 1.81. The number of methoxy groups -OCH3 is 1. The van der Waals surface area contributed by atoms with E-state index in [1.807, 2.05) is 12.1 Å². The van der Waals surface area contributed by atoms with E-state index in [1.54, 1.807) is 7.11 Å². The molecule has 0 unspecified atom stereocenters. The highest BCUT2D eigenvalue weighted by Crippen LogP contribution is 2.34. The van der Waals surface area contributed by atoms with Gasteiger partial charge in [0.05, 0.1) is 12.1 Å². The second-order valence-corrected chi connectivity index (χ2v) is 6.21. The fourth-order valence-corrected chi connectivity index (χ4v) is 3.49. The lowest BCUT2D eigenvalue weighted by Gasteiger charge is -2.22. The van der Waals surface area contributed by atoms with E-state index in [0.29, 0.717) is 5.02 Å². The van der Waals surface area contributed by atoms with Gasteiger partial charge in [-0.15, -0.1) is 0 Å². The van der Waals surface area contributed by atoms with E-state index in [-0.39, 0.29) is 0 Å². The van der Waals surface area contributed by atoms with Crippen LogP contribution in [0.25, 0.3) is 11.1 Å². The molecule has 2 aromatic rings. The summed E-state index contributed by atoms with van der Waals surface area (Å²) in [5.41, 5.74) is 3.83. The molecule has 0 heterocycles. The van der Waals surface area contributed by atoms with Crippen molar-refractivity contribution in [3.63, 3.8) is 0 Å². The quantitative estimate of drug-likeness (QED) is 0.669. The van der Waals surface area contributed by atoms with Gasteiger partial charge in [0, 0.05) is 0 Å². The summed E-state index contributed by atoms with van der Waals surface area (Å²) >= 11 is 6.21. The molecule has 0 atom stereocenters. The molecule has 0 amide bonds. The Hall–Kier alpha value is -1.47. The second kappa shape index (κ2) is 6.53. The normalized spacial score (nSPS) is 15.9. The standard InChI is InChI=1S/C19H21ClO/c1-21-19-12-11-17(13-18(19)20)16-9-7-15(8-10-16)14-5-3-2-4-6-14/h7-14H,2-6H2,1H3. The van der Waals surface area contributed by atoms with Crippen molar-refractivity contribution >= 4 is 11.6 Å². The number of hydrogen-bond acceptors (Lipinski definition) is 1. The molecule has 110 valence electrons. The van der Waals surface area contributed by atoms with Crippen molar-refractivity contribution in [1.82, 2.24) is 0 Å². The van der Waals surface area contributed by atoms with Crippen LogP contribution in [0.1, 0.15) is 43.6 Å². The van der Waals surface area contributed by atoms with Crippen molar-refractivity contribution in [1.29, 1.82) is 0 Å². The number of halogens is 1. The molecule has 0 N–H and O–H groups in total. The van der Waals surface area contributed by atoms with Gasteiger partial charge < -0.3 is 4.74 Å². The lowest BCUT2D eigenvalue weighted by molar-refractivity contribution is 0.415. The predicted molar refractivity (Wildman–Crippen MR) is 89.3 cm³/mol. The van der Waals surface area contributed by atoms with Gasteiger partial charge in [-0.3, -0.25) is 0 Å². The lowest BCUT2D eigenvalue weighted by atomic mass is 9.84. The molecule has 1 saturated carbocycles. The third-order valence-electron chi connectivity index (χ3n) is 4.47. The van der Waals surface area contributed by atoms with Crippen molar-refractivity contribution in [2.75, 3.05) is 7.11 Å². The summed E-state index contributed by atoms with van der Waals surface area (Å²) in [6.07, 6.45) is 6.83. The van der Waals surface area contributed by atoms with Gasteiger partial charge in [-0.05, 0) is 47.6 Å². The average molecular weight is 301 g/mol. The molecular formula is C19H21ClO. The number of hydrogen-bond donors (Lipinski definition) is 0. The summed E-state index contributed by atoms with van der Waals surface area (Å²) in [6.45, 7) is 0. The maximum Gasteiger partial charge on any atom is 0.137 e. The molecule has 1 aliphatic rings. The topological polar surface area (TPSA) is 9.23 Å². The summed E-state index contributed by atoms with van der Waals surface area (Å²) in [6, 6.07) is 14.9. The van der Waals surface area contributed by atoms with Crippen LogP contribution in [-0.4, -0.2) is 7.11 Å². The minimum atomic E-state index is 0.659. The van der Waals surface area contributed by atoms with Crippen LogP contribution in [0.15, 0.2) is 42.5 Å². The Kier molecular flexibility index (Phi) is 4.50. The fraction of sp³-hybridized carbons (Fsp3) is 0.368. The van der Waals surface area contributed by atoms with Gasteiger partial charge in [-0.1, -0.05) is 61.2 Å². The molecule has 21 heavy (non-hydrogen) atoms. The van der Waals surface area contributed by atoms with Crippen LogP contribution in [0.3, 0.4) is 0 Å². The first-order valence-corrected chi connectivity index (χ1v) is 8.09. The maximum atomic E-state index is 6.21. The Morgan fingerprint density at radius 2 is 1.57 bits per heavy atom. The molecule has 0 aliphatic heterocycles. The van der Waals surface area contributed by atoms with Crippen LogP contribution in [0, 0.1) is 0 Å². The molecule has 2 aromatic carbocycles. The predicted octanol–water partition coefficient (Wildman–Crippen LogP) is 6.06. The Labute approximate surface area is 131 Å². The second-order valence-electron chi connectivity index (χ2n) is 5.81. The van der Waals surface area contributed by atoms with Gasteiger partial charge in [0.15, 0.2) is 0 Å². The Morgan fingerprint density at radius 1 is 0.905 bits per heavy atom. The molecule has 0 saturated heterocycles. The van der Waals surface area contributed by atoms with Crippen LogP contribution in [0.2, 0.25) is 5.02 Å². The molecule has 1 aliphatic carbocycles. The van der Waals surface area contributed by atoms with Crippen molar-refractivity contribution in [2.24, 2.45) is 0 Å². The Morgan fingerprint density at radius 3 is 2.19 bits per heavy atom. The van der Waals surface area contributed by atoms with E-state index in [1.165, 1.54) is 43.2 Å². The van der Waals surface area contributed by atoms with Crippen LogP contribution < -0.4 is 4.74 Å². The lowest BCUT2D eigenvalue weighted by Crippen LogP contribution is -2.04. The van der Waals surface area contributed by atoms with E-state index in [4.69, 9.17) is 16.3 Å². The first-order chi connectivity index (χ1) is 10.3. The maximum absolute atomic E-state index is 6.21. The number of rotatable bonds is 3. The van der Waals surface area contributed by atoms with Crippen LogP contribution in [-0.2, 0) is 0 Å². The number of benzene rings is 2. The monoisotopic (exact) mass is 300 g/mol. The first kappa shape index (κ1) is 14.5. The number of ether oxygens (including phenoxy) is 1. The van der Waals surface area contributed by atoms with Crippen molar-refractivity contribution in [2.45, 2.75) is 38.0 Å². The van der Waals surface area contributed by atoms with Gasteiger partial charge in [0.25, 0.3) is 0 Å². The highest BCUT2D eigenvalue weighted by Gasteiger charge is 2.15. The third kappa shape index (κ3) is 3.24. The van der Waals surface area contributed by atoms with Crippen LogP contribution >= 0.6 is 11.6 Å². The van der Waals surface area contributed by atoms with Gasteiger partial charge >= 0.3 is 0 Å². The Bertz CT molecular complexity index is 597. The SMILES string of the molecule is COc1ccc(-c2ccc(C3CCCCC3)cc2)cc1Cl. The zero-order chi connectivity index (χ0) is 14.7. The van der Waals surface area contributed by atoms with Crippen LogP contribution in [0.4, 0.5) is 0 Å². The molecule has 1 fully saturated rings. The third-order valence-corrected chi connectivity index (χ3v) is 4.77. The summed E-state index contributed by atoms with van der Waals surface area (Å²) in [5, 5.41) is 0.659. The molecule has 3 rings (SSSR count). The van der Waals surface area contributed by atoms with Crippen LogP contribution in [0.5, 0.6) is 5.75 Å². The zero-order valence-corrected chi connectivity index (χ0v) is 13.2. The average Bonchev–Trinajstić information content (AvgIpc) is 2.56. The van der Waals surface area contributed by atoms with E-state index >= 15 is 0 Å². The van der Waals surface area contributed by atoms with Crippen molar-refractivity contribution in [3.8, 4) is 16.9 Å². The van der Waals surface area contributed by atoms with Gasteiger partial charge in [0.1, 0.15) is 5.75 Å². The fourth-order valence-electron chi connectivity index (χ4n) is 3.23. The van der Waals surface area contributed by atoms with Crippen molar-refractivity contribution < 1.29 is 4.74 Å². The zero-order valence-electron chi connectivity index (χ0n) is 12.4. The van der Waals surface area contributed by atoms with Gasteiger partial charge in [0.2, 0.25) is 0 Å². The van der Waals surface area contributed by atoms with Crippen molar-refractivity contribution in [3.05, 3.63) is 53.1 Å². The molecule has 1 nitrogen and oxygen atoms in total. The smallest absolute Gasteiger partial charge is 0.137 e. The van der Waals surface area contributed by atoms with E-state index in [9.17, 15) is 0 Å². The highest BCUT2D eigenvalue weighted by atomic mass is 35.5. The minimum absolute atomic E-state index is 0.659. The molecule has 0 aromatic heterocycles. The van der Waals surface area contributed by atoms with E-state index in [2.05, 4.69) is 30.3 Å². The molecule has 0 bridgehead atoms. The van der Waals surface area contributed by atoms with Gasteiger partial charge in [-0.25, -0.2) is 0 Å². The van der Waals surface area contributed by atoms with E-state index < -0.39 is 0 Å². The molecule has 0 spiro atoms. The highest BCUT2D eigenvalue weighted by molar-refractivity contribution is 6.32. The minimum Gasteiger partial charge on any atom is -0.495 e. The molecule has 0 radical (unpaired) electrons. The largest absolute Gasteiger partial charge is 0.495 e. The van der Waals surface area contributed by atoms with E-state index in [0.717, 1.165) is 17.2 Å². The summed E-state index contributed by atoms with van der Waals surface area (Å²) in [5.74, 6) is 1.48. The molecule has 2 heteroatoms. The first-order valence-electron chi connectivity index (χ1n) is 7.72. The van der Waals surface area contributed by atoms with Gasteiger partial charge in [-0.2, -0.15) is 0 Å².